The number of nitrogens with zero attached hydrogens (tertiary/aromatic N) is 2. The molecule has 2 heterocycles. The number of hydrogen-bond acceptors (Lipinski definition) is 4. The maximum absolute atomic E-state index is 12.4. The molecule has 0 spiro atoms. The van der Waals surface area contributed by atoms with Gasteiger partial charge in [0.2, 0.25) is 5.91 Å². The van der Waals surface area contributed by atoms with Crippen LogP contribution in [0.1, 0.15) is 32.6 Å². The first-order chi connectivity index (χ1) is 8.66. The molecule has 1 unspecified atom stereocenters. The Balaban J connectivity index is 2.10. The van der Waals surface area contributed by atoms with Crippen molar-refractivity contribution in [2.24, 2.45) is 0 Å². The van der Waals surface area contributed by atoms with E-state index in [0.29, 0.717) is 11.0 Å². The van der Waals surface area contributed by atoms with Crippen molar-refractivity contribution < 1.29 is 4.79 Å². The molecule has 1 aliphatic rings. The van der Waals surface area contributed by atoms with Crippen molar-refractivity contribution in [1.82, 2.24) is 15.3 Å². The monoisotopic (exact) mass is 268 g/mol. The van der Waals surface area contributed by atoms with Gasteiger partial charge in [-0.1, -0.05) is 24.9 Å². The Morgan fingerprint density at radius 1 is 1.61 bits per heavy atom. The summed E-state index contributed by atoms with van der Waals surface area (Å²) in [5.74, 6) is 0.417. The highest BCUT2D eigenvalue weighted by Gasteiger charge is 2.40. The van der Waals surface area contributed by atoms with Crippen LogP contribution in [0.5, 0.6) is 0 Å². The third-order valence-corrected chi connectivity index (χ3v) is 3.44. The minimum Gasteiger partial charge on any atom is -0.309 e. The molecule has 0 radical (unpaired) electrons. The van der Waals surface area contributed by atoms with E-state index in [-0.39, 0.29) is 5.91 Å². The van der Waals surface area contributed by atoms with Crippen molar-refractivity contribution in [2.75, 3.05) is 11.9 Å². The van der Waals surface area contributed by atoms with Crippen LogP contribution in [0.25, 0.3) is 0 Å². The molecule has 5 nitrogen and oxygen atoms in total. The SMILES string of the molecule is CCCC1(C(=O)Nc2cc(Cl)ncn2)CCCN1. The van der Waals surface area contributed by atoms with Crippen LogP contribution in [0.2, 0.25) is 5.15 Å². The smallest absolute Gasteiger partial charge is 0.245 e. The van der Waals surface area contributed by atoms with Gasteiger partial charge in [0.05, 0.1) is 5.54 Å². The largest absolute Gasteiger partial charge is 0.309 e. The molecule has 1 amide bonds. The van der Waals surface area contributed by atoms with Crippen LogP contribution >= 0.6 is 11.6 Å². The van der Waals surface area contributed by atoms with Gasteiger partial charge in [-0.15, -0.1) is 0 Å². The summed E-state index contributed by atoms with van der Waals surface area (Å²) in [5.41, 5.74) is -0.452. The Kier molecular flexibility index (Phi) is 4.14. The van der Waals surface area contributed by atoms with E-state index in [1.807, 2.05) is 0 Å². The summed E-state index contributed by atoms with van der Waals surface area (Å²) in [6.45, 7) is 2.97. The molecule has 1 fully saturated rings. The fourth-order valence-corrected chi connectivity index (χ4v) is 2.54. The highest BCUT2D eigenvalue weighted by atomic mass is 35.5. The Morgan fingerprint density at radius 2 is 2.44 bits per heavy atom. The molecule has 2 N–H and O–H groups in total. The molecule has 1 aliphatic heterocycles. The van der Waals surface area contributed by atoms with Crippen molar-refractivity contribution >= 4 is 23.3 Å². The van der Waals surface area contributed by atoms with E-state index in [9.17, 15) is 4.79 Å². The van der Waals surface area contributed by atoms with Crippen LogP contribution in [0.3, 0.4) is 0 Å². The fourth-order valence-electron chi connectivity index (χ4n) is 2.39. The van der Waals surface area contributed by atoms with Gasteiger partial charge in [0.1, 0.15) is 17.3 Å². The van der Waals surface area contributed by atoms with Gasteiger partial charge in [-0.05, 0) is 25.8 Å². The zero-order valence-corrected chi connectivity index (χ0v) is 11.1. The molecule has 0 aliphatic carbocycles. The number of aromatic nitrogens is 2. The topological polar surface area (TPSA) is 66.9 Å². The lowest BCUT2D eigenvalue weighted by Crippen LogP contribution is -2.50. The summed E-state index contributed by atoms with van der Waals surface area (Å²) < 4.78 is 0. The standard InChI is InChI=1S/C12H17ClN4O/c1-2-4-12(5-3-6-16-12)11(18)17-10-7-9(13)14-8-15-10/h7-8,16H,2-6H2,1H3,(H,14,15,17,18). The van der Waals surface area contributed by atoms with Gasteiger partial charge in [0.15, 0.2) is 0 Å². The van der Waals surface area contributed by atoms with Crippen LogP contribution in [-0.2, 0) is 4.79 Å². The number of rotatable bonds is 4. The minimum atomic E-state index is -0.452. The molecule has 2 rings (SSSR count). The molecular formula is C12H17ClN4O. The molecule has 0 saturated carbocycles. The number of amides is 1. The number of anilines is 1. The predicted octanol–water partition coefficient (Wildman–Crippen LogP) is 1.99. The number of carbonyl (C=O) groups excluding carboxylic acids is 1. The lowest BCUT2D eigenvalue weighted by Gasteiger charge is -2.27. The van der Waals surface area contributed by atoms with E-state index in [4.69, 9.17) is 11.6 Å². The molecular weight excluding hydrogens is 252 g/mol. The van der Waals surface area contributed by atoms with Gasteiger partial charge in [0, 0.05) is 6.07 Å². The summed E-state index contributed by atoms with van der Waals surface area (Å²) in [4.78, 5) is 20.1. The van der Waals surface area contributed by atoms with E-state index in [1.165, 1.54) is 6.33 Å². The van der Waals surface area contributed by atoms with Crippen LogP contribution in [0.15, 0.2) is 12.4 Å². The number of nitrogens with one attached hydrogen (secondary N) is 2. The predicted molar refractivity (Wildman–Crippen MR) is 70.5 cm³/mol. The molecule has 0 aromatic carbocycles. The average Bonchev–Trinajstić information content (AvgIpc) is 2.79. The minimum absolute atomic E-state index is 0.0309. The van der Waals surface area contributed by atoms with Crippen molar-refractivity contribution in [3.05, 3.63) is 17.5 Å². The number of halogens is 1. The third kappa shape index (κ3) is 2.79. The van der Waals surface area contributed by atoms with E-state index >= 15 is 0 Å². The third-order valence-electron chi connectivity index (χ3n) is 3.23. The summed E-state index contributed by atoms with van der Waals surface area (Å²) in [6, 6.07) is 1.55. The maximum atomic E-state index is 12.4. The van der Waals surface area contributed by atoms with Crippen molar-refractivity contribution in [2.45, 2.75) is 38.1 Å². The molecule has 6 heteroatoms. The lowest BCUT2D eigenvalue weighted by molar-refractivity contribution is -0.122. The number of hydrogen-bond donors (Lipinski definition) is 2. The Bertz CT molecular complexity index is 432. The van der Waals surface area contributed by atoms with Crippen molar-refractivity contribution in [3.63, 3.8) is 0 Å². The highest BCUT2D eigenvalue weighted by molar-refractivity contribution is 6.29. The summed E-state index contributed by atoms with van der Waals surface area (Å²) in [6.07, 6.45) is 5.03. The molecule has 98 valence electrons. The van der Waals surface area contributed by atoms with Crippen LogP contribution in [0, 0.1) is 0 Å². The summed E-state index contributed by atoms with van der Waals surface area (Å²) in [7, 11) is 0. The first-order valence-corrected chi connectivity index (χ1v) is 6.58. The summed E-state index contributed by atoms with van der Waals surface area (Å²) in [5, 5.41) is 6.45. The van der Waals surface area contributed by atoms with E-state index < -0.39 is 5.54 Å². The van der Waals surface area contributed by atoms with E-state index in [1.54, 1.807) is 6.07 Å². The first-order valence-electron chi connectivity index (χ1n) is 6.20. The van der Waals surface area contributed by atoms with Crippen LogP contribution < -0.4 is 10.6 Å². The first kappa shape index (κ1) is 13.2. The van der Waals surface area contributed by atoms with Crippen LogP contribution in [0.4, 0.5) is 5.82 Å². The zero-order valence-electron chi connectivity index (χ0n) is 10.4. The Labute approximate surface area is 111 Å². The molecule has 1 aromatic heterocycles. The van der Waals surface area contributed by atoms with Gasteiger partial charge >= 0.3 is 0 Å². The van der Waals surface area contributed by atoms with Gasteiger partial charge in [-0.3, -0.25) is 4.79 Å². The average molecular weight is 269 g/mol. The second-order valence-electron chi connectivity index (χ2n) is 4.54. The normalized spacial score (nSPS) is 23.0. The van der Waals surface area contributed by atoms with Crippen molar-refractivity contribution in [3.8, 4) is 0 Å². The molecule has 1 aromatic rings. The molecule has 1 atom stereocenters. The van der Waals surface area contributed by atoms with Gasteiger partial charge in [-0.25, -0.2) is 9.97 Å². The van der Waals surface area contributed by atoms with E-state index in [0.717, 1.165) is 32.2 Å². The van der Waals surface area contributed by atoms with Crippen LogP contribution in [-0.4, -0.2) is 28.0 Å². The van der Waals surface area contributed by atoms with Gasteiger partial charge < -0.3 is 10.6 Å². The molecule has 0 bridgehead atoms. The summed E-state index contributed by atoms with van der Waals surface area (Å²) >= 11 is 5.77. The second kappa shape index (κ2) is 5.63. The zero-order chi connectivity index (χ0) is 13.0. The quantitative estimate of drug-likeness (QED) is 0.820. The Hall–Kier alpha value is -1.20. The number of carbonyl (C=O) groups is 1. The maximum Gasteiger partial charge on any atom is 0.245 e. The molecule has 18 heavy (non-hydrogen) atoms. The Morgan fingerprint density at radius 3 is 3.06 bits per heavy atom. The fraction of sp³-hybridized carbons (Fsp3) is 0.583. The van der Waals surface area contributed by atoms with Gasteiger partial charge in [-0.2, -0.15) is 0 Å². The lowest BCUT2D eigenvalue weighted by atomic mass is 9.91. The van der Waals surface area contributed by atoms with Gasteiger partial charge in [0.25, 0.3) is 0 Å². The molecule has 1 saturated heterocycles. The van der Waals surface area contributed by atoms with Crippen molar-refractivity contribution in [1.29, 1.82) is 0 Å². The highest BCUT2D eigenvalue weighted by Crippen LogP contribution is 2.26. The van der Waals surface area contributed by atoms with E-state index in [2.05, 4.69) is 27.5 Å². The second-order valence-corrected chi connectivity index (χ2v) is 4.93.